The molecule has 0 aliphatic heterocycles. The number of hydrogen-bond donors (Lipinski definition) is 3. The van der Waals surface area contributed by atoms with Crippen LogP contribution in [0.25, 0.3) is 0 Å². The maximum atomic E-state index is 12.0. The minimum absolute atomic E-state index is 0.0252. The van der Waals surface area contributed by atoms with Crippen LogP contribution in [0.3, 0.4) is 0 Å². The molecule has 5 nitrogen and oxygen atoms in total. The number of nitrogens with one attached hydrogen (secondary N) is 1. The molecule has 168 valence electrons. The minimum Gasteiger partial charge on any atom is -0.506 e. The Hall–Kier alpha value is -2.30. The Morgan fingerprint density at radius 3 is 2.03 bits per heavy atom. The summed E-state index contributed by atoms with van der Waals surface area (Å²) in [5, 5.41) is 21.5. The van der Waals surface area contributed by atoms with Crippen molar-refractivity contribution in [2.75, 3.05) is 5.32 Å². The van der Waals surface area contributed by atoms with Gasteiger partial charge in [-0.05, 0) is 44.2 Å². The third kappa shape index (κ3) is 11.6. The number of benzene rings is 1. The summed E-state index contributed by atoms with van der Waals surface area (Å²) in [5.41, 5.74) is -0.129. The molecule has 0 saturated carbocycles. The zero-order chi connectivity index (χ0) is 22.0. The maximum Gasteiger partial charge on any atom is 0.337 e. The molecular formula is C25H39NO4. The topological polar surface area (TPSA) is 86.6 Å². The summed E-state index contributed by atoms with van der Waals surface area (Å²) in [7, 11) is 0. The zero-order valence-electron chi connectivity index (χ0n) is 18.5. The van der Waals surface area contributed by atoms with E-state index in [1.807, 2.05) is 0 Å². The van der Waals surface area contributed by atoms with Crippen LogP contribution in [0.4, 0.5) is 5.69 Å². The molecule has 0 saturated heterocycles. The van der Waals surface area contributed by atoms with Crippen molar-refractivity contribution in [1.29, 1.82) is 0 Å². The van der Waals surface area contributed by atoms with Crippen LogP contribution in [-0.4, -0.2) is 22.1 Å². The molecule has 5 heteroatoms. The standard InChI is InChI=1S/C25H39NO4/c1-2-3-4-5-6-7-8-9-10-11-12-13-14-15-16-20-23(28)26-24-21(25(29)30)18-17-19-22(24)27/h9-10,17-19,27H,2-8,11-16,20H2,1H3,(H,26,28)(H,29,30)/b10-9-. The average molecular weight is 418 g/mol. The van der Waals surface area contributed by atoms with Crippen molar-refractivity contribution in [2.45, 2.75) is 96.8 Å². The quantitative estimate of drug-likeness (QED) is 0.144. The van der Waals surface area contributed by atoms with Crippen molar-refractivity contribution >= 4 is 17.6 Å². The highest BCUT2D eigenvalue weighted by molar-refractivity contribution is 6.02. The first-order chi connectivity index (χ1) is 14.6. The smallest absolute Gasteiger partial charge is 0.337 e. The van der Waals surface area contributed by atoms with Crippen LogP contribution in [0.5, 0.6) is 5.75 Å². The third-order valence-electron chi connectivity index (χ3n) is 5.20. The minimum atomic E-state index is -1.18. The first-order valence-electron chi connectivity index (χ1n) is 11.6. The van der Waals surface area contributed by atoms with E-state index >= 15 is 0 Å². The van der Waals surface area contributed by atoms with Gasteiger partial charge in [0.25, 0.3) is 0 Å². The second kappa shape index (κ2) is 16.5. The molecule has 1 aromatic rings. The molecule has 1 rings (SSSR count). The number of allylic oxidation sites excluding steroid dienone is 2. The number of phenols is 1. The number of hydrogen-bond acceptors (Lipinski definition) is 3. The monoisotopic (exact) mass is 417 g/mol. The lowest BCUT2D eigenvalue weighted by molar-refractivity contribution is -0.116. The van der Waals surface area contributed by atoms with Crippen molar-refractivity contribution in [2.24, 2.45) is 0 Å². The van der Waals surface area contributed by atoms with E-state index in [-0.39, 0.29) is 22.9 Å². The summed E-state index contributed by atoms with van der Waals surface area (Å²) in [5.74, 6) is -1.67. The number of aromatic hydroxyl groups is 1. The van der Waals surface area contributed by atoms with Gasteiger partial charge in [0.1, 0.15) is 5.75 Å². The molecule has 0 aromatic heterocycles. The van der Waals surface area contributed by atoms with Crippen LogP contribution in [0.2, 0.25) is 0 Å². The first-order valence-corrected chi connectivity index (χ1v) is 11.6. The van der Waals surface area contributed by atoms with Gasteiger partial charge in [-0.1, -0.05) is 76.5 Å². The van der Waals surface area contributed by atoms with E-state index < -0.39 is 5.97 Å². The summed E-state index contributed by atoms with van der Waals surface area (Å²) in [6.07, 6.45) is 20.5. The lowest BCUT2D eigenvalue weighted by atomic mass is 10.1. The van der Waals surface area contributed by atoms with Gasteiger partial charge in [-0.2, -0.15) is 0 Å². The zero-order valence-corrected chi connectivity index (χ0v) is 18.5. The van der Waals surface area contributed by atoms with Crippen molar-refractivity contribution < 1.29 is 19.8 Å². The van der Waals surface area contributed by atoms with Gasteiger partial charge >= 0.3 is 5.97 Å². The molecule has 0 bridgehead atoms. The van der Waals surface area contributed by atoms with Gasteiger partial charge in [0.05, 0.1) is 11.3 Å². The molecule has 0 spiro atoms. The lowest BCUT2D eigenvalue weighted by Gasteiger charge is -2.10. The number of carbonyl (C=O) groups is 2. The van der Waals surface area contributed by atoms with E-state index in [0.717, 1.165) is 32.1 Å². The van der Waals surface area contributed by atoms with Crippen LogP contribution in [0.15, 0.2) is 30.4 Å². The molecule has 0 unspecified atom stereocenters. The number of carboxylic acids is 1. The number of para-hydroxylation sites is 1. The highest BCUT2D eigenvalue weighted by Crippen LogP contribution is 2.27. The van der Waals surface area contributed by atoms with Gasteiger partial charge < -0.3 is 15.5 Å². The summed E-state index contributed by atoms with van der Waals surface area (Å²) in [6, 6.07) is 4.17. The van der Waals surface area contributed by atoms with E-state index in [1.165, 1.54) is 69.6 Å². The van der Waals surface area contributed by atoms with Gasteiger partial charge in [0.2, 0.25) is 5.91 Å². The Labute approximate surface area is 181 Å². The highest BCUT2D eigenvalue weighted by Gasteiger charge is 2.15. The van der Waals surface area contributed by atoms with Gasteiger partial charge in [-0.15, -0.1) is 0 Å². The number of carboxylic acid groups (broad SMARTS) is 1. The Kier molecular flexibility index (Phi) is 14.1. The van der Waals surface area contributed by atoms with Gasteiger partial charge in [0, 0.05) is 6.42 Å². The van der Waals surface area contributed by atoms with E-state index in [2.05, 4.69) is 24.4 Å². The van der Waals surface area contributed by atoms with Gasteiger partial charge in [0.15, 0.2) is 0 Å². The summed E-state index contributed by atoms with van der Waals surface area (Å²) in [4.78, 5) is 23.2. The fourth-order valence-corrected chi connectivity index (χ4v) is 3.41. The summed E-state index contributed by atoms with van der Waals surface area (Å²) in [6.45, 7) is 2.25. The molecule has 30 heavy (non-hydrogen) atoms. The van der Waals surface area contributed by atoms with E-state index in [9.17, 15) is 14.7 Å². The van der Waals surface area contributed by atoms with E-state index in [4.69, 9.17) is 5.11 Å². The number of unbranched alkanes of at least 4 members (excludes halogenated alkanes) is 11. The Bertz CT molecular complexity index is 655. The number of carbonyl (C=O) groups excluding carboxylic acids is 1. The SMILES string of the molecule is CCCCCCCC/C=C\CCCCCCCC(=O)Nc1c(O)cccc1C(=O)O. The van der Waals surface area contributed by atoms with Gasteiger partial charge in [-0.25, -0.2) is 4.79 Å². The van der Waals surface area contributed by atoms with Crippen LogP contribution < -0.4 is 5.32 Å². The molecule has 0 heterocycles. The largest absolute Gasteiger partial charge is 0.506 e. The fraction of sp³-hybridized carbons (Fsp3) is 0.600. The van der Waals surface area contributed by atoms with E-state index in [0.29, 0.717) is 6.42 Å². The molecule has 0 aliphatic rings. The second-order valence-electron chi connectivity index (χ2n) is 7.89. The molecule has 3 N–H and O–H groups in total. The predicted octanol–water partition coefficient (Wildman–Crippen LogP) is 7.07. The van der Waals surface area contributed by atoms with Crippen LogP contribution >= 0.6 is 0 Å². The van der Waals surface area contributed by atoms with Crippen LogP contribution in [0, 0.1) is 0 Å². The molecule has 0 fully saturated rings. The second-order valence-corrected chi connectivity index (χ2v) is 7.89. The van der Waals surface area contributed by atoms with Crippen molar-refractivity contribution in [3.8, 4) is 5.75 Å². The first kappa shape index (κ1) is 25.7. The van der Waals surface area contributed by atoms with Crippen LogP contribution in [-0.2, 0) is 4.79 Å². The number of amides is 1. The van der Waals surface area contributed by atoms with E-state index in [1.54, 1.807) is 0 Å². The number of rotatable bonds is 17. The Balaban J connectivity index is 2.04. The molecule has 1 amide bonds. The normalized spacial score (nSPS) is 11.1. The molecule has 0 aliphatic carbocycles. The predicted molar refractivity (Wildman–Crippen MR) is 123 cm³/mol. The third-order valence-corrected chi connectivity index (χ3v) is 5.20. The molecular weight excluding hydrogens is 378 g/mol. The maximum absolute atomic E-state index is 12.0. The van der Waals surface area contributed by atoms with Crippen molar-refractivity contribution in [1.82, 2.24) is 0 Å². The number of aromatic carboxylic acids is 1. The van der Waals surface area contributed by atoms with Crippen LogP contribution in [0.1, 0.15) is 107 Å². The van der Waals surface area contributed by atoms with Crippen molar-refractivity contribution in [3.63, 3.8) is 0 Å². The lowest BCUT2D eigenvalue weighted by Crippen LogP contribution is -2.14. The van der Waals surface area contributed by atoms with Gasteiger partial charge in [-0.3, -0.25) is 4.79 Å². The number of phenolic OH excluding ortho intramolecular Hbond substituents is 1. The summed E-state index contributed by atoms with van der Waals surface area (Å²) >= 11 is 0. The molecule has 0 atom stereocenters. The highest BCUT2D eigenvalue weighted by atomic mass is 16.4. The molecule has 0 radical (unpaired) electrons. The average Bonchev–Trinajstić information content (AvgIpc) is 2.72. The number of anilines is 1. The summed E-state index contributed by atoms with van der Waals surface area (Å²) < 4.78 is 0. The Morgan fingerprint density at radius 2 is 1.43 bits per heavy atom. The molecule has 1 aromatic carbocycles. The fourth-order valence-electron chi connectivity index (χ4n) is 3.41. The Morgan fingerprint density at radius 1 is 0.867 bits per heavy atom. The van der Waals surface area contributed by atoms with Crippen molar-refractivity contribution in [3.05, 3.63) is 35.9 Å².